The van der Waals surface area contributed by atoms with Crippen molar-refractivity contribution in [2.75, 3.05) is 26.8 Å². The van der Waals surface area contributed by atoms with Gasteiger partial charge in [0.1, 0.15) is 11.6 Å². The third kappa shape index (κ3) is 8.13. The monoisotopic (exact) mass is 255 g/mol. The number of aliphatic carboxylic acids is 1. The summed E-state index contributed by atoms with van der Waals surface area (Å²) in [7, 11) is 1.59. The molecule has 0 saturated carbocycles. The van der Waals surface area contributed by atoms with Crippen LogP contribution in [0.5, 0.6) is 0 Å². The molecule has 0 spiro atoms. The van der Waals surface area contributed by atoms with Gasteiger partial charge in [0, 0.05) is 33.0 Å². The molecule has 0 unspecified atom stereocenters. The van der Waals surface area contributed by atoms with Gasteiger partial charge in [-0.15, -0.1) is 0 Å². The smallest absolute Gasteiger partial charge is 0.305 e. The Morgan fingerprint density at radius 1 is 1.44 bits per heavy atom. The molecule has 7 nitrogen and oxygen atoms in total. The molecule has 0 fully saturated rings. The molecule has 0 aliphatic heterocycles. The molecular formula is C11H17N3O4. The zero-order chi connectivity index (χ0) is 13.8. The molecule has 0 rings (SSSR count). The molecule has 0 bridgehead atoms. The van der Waals surface area contributed by atoms with E-state index in [1.807, 2.05) is 0 Å². The number of methoxy groups -OCH3 is 1. The molecule has 0 aromatic rings. The number of rotatable bonds is 9. The van der Waals surface area contributed by atoms with Crippen LogP contribution in [0.3, 0.4) is 0 Å². The number of carboxylic acid groups (broad SMARTS) is 1. The number of nitrogens with zero attached hydrogens (tertiary/aromatic N) is 1. The first-order chi connectivity index (χ1) is 8.61. The highest BCUT2D eigenvalue weighted by Gasteiger charge is 2.08. The van der Waals surface area contributed by atoms with Gasteiger partial charge < -0.3 is 20.5 Å². The summed E-state index contributed by atoms with van der Waals surface area (Å²) in [5, 5.41) is 22.3. The molecule has 0 aromatic heterocycles. The number of nitrogens with one attached hydrogen (secondary N) is 2. The van der Waals surface area contributed by atoms with Crippen LogP contribution in [0.15, 0.2) is 11.8 Å². The molecule has 0 atom stereocenters. The van der Waals surface area contributed by atoms with Crippen LogP contribution in [0, 0.1) is 11.3 Å². The predicted octanol–water partition coefficient (Wildman–Crippen LogP) is -0.389. The summed E-state index contributed by atoms with van der Waals surface area (Å²) in [6.07, 6.45) is 1.89. The SMILES string of the molecule is COCCCN/C=C(/C#N)C(=O)NCCC(=O)O. The number of carbonyl (C=O) groups excluding carboxylic acids is 1. The Balaban J connectivity index is 3.99. The van der Waals surface area contributed by atoms with E-state index in [1.165, 1.54) is 6.20 Å². The number of hydrogen-bond acceptors (Lipinski definition) is 5. The van der Waals surface area contributed by atoms with Crippen molar-refractivity contribution >= 4 is 11.9 Å². The maximum Gasteiger partial charge on any atom is 0.305 e. The Labute approximate surface area is 105 Å². The molecule has 0 radical (unpaired) electrons. The van der Waals surface area contributed by atoms with Crippen LogP contribution in [-0.4, -0.2) is 43.8 Å². The van der Waals surface area contributed by atoms with Crippen molar-refractivity contribution in [3.63, 3.8) is 0 Å². The first-order valence-corrected chi connectivity index (χ1v) is 5.44. The van der Waals surface area contributed by atoms with Crippen molar-refractivity contribution in [1.29, 1.82) is 5.26 Å². The maximum absolute atomic E-state index is 11.4. The largest absolute Gasteiger partial charge is 0.481 e. The van der Waals surface area contributed by atoms with E-state index in [4.69, 9.17) is 15.1 Å². The Kier molecular flexibility index (Phi) is 8.95. The van der Waals surface area contributed by atoms with Crippen molar-refractivity contribution in [3.8, 4) is 6.07 Å². The normalized spacial score (nSPS) is 10.6. The van der Waals surface area contributed by atoms with Gasteiger partial charge >= 0.3 is 5.97 Å². The maximum atomic E-state index is 11.4. The van der Waals surface area contributed by atoms with E-state index in [-0.39, 0.29) is 18.5 Å². The molecule has 100 valence electrons. The van der Waals surface area contributed by atoms with E-state index in [1.54, 1.807) is 13.2 Å². The van der Waals surface area contributed by atoms with E-state index in [0.29, 0.717) is 13.2 Å². The fourth-order valence-electron chi connectivity index (χ4n) is 1.02. The summed E-state index contributed by atoms with van der Waals surface area (Å²) in [5.41, 5.74) is -0.0854. The zero-order valence-electron chi connectivity index (χ0n) is 10.2. The summed E-state index contributed by atoms with van der Waals surface area (Å²) in [4.78, 5) is 21.7. The summed E-state index contributed by atoms with van der Waals surface area (Å²) in [6, 6.07) is 1.74. The standard InChI is InChI=1S/C11H17N3O4/c1-18-6-2-4-13-8-9(7-12)11(17)14-5-3-10(15)16/h8,13H,2-6H2,1H3,(H,14,17)(H,15,16)/b9-8-. The minimum Gasteiger partial charge on any atom is -0.481 e. The van der Waals surface area contributed by atoms with Crippen molar-refractivity contribution in [2.24, 2.45) is 0 Å². The third-order valence-electron chi connectivity index (χ3n) is 1.91. The topological polar surface area (TPSA) is 111 Å². The van der Waals surface area contributed by atoms with Crippen LogP contribution in [0.2, 0.25) is 0 Å². The van der Waals surface area contributed by atoms with Gasteiger partial charge in [-0.3, -0.25) is 9.59 Å². The molecule has 18 heavy (non-hydrogen) atoms. The zero-order valence-corrected chi connectivity index (χ0v) is 10.2. The van der Waals surface area contributed by atoms with Crippen molar-refractivity contribution < 1.29 is 19.4 Å². The highest BCUT2D eigenvalue weighted by molar-refractivity contribution is 5.97. The van der Waals surface area contributed by atoms with Gasteiger partial charge in [-0.25, -0.2) is 0 Å². The van der Waals surface area contributed by atoms with Crippen molar-refractivity contribution in [2.45, 2.75) is 12.8 Å². The molecule has 0 saturated heterocycles. The fourth-order valence-corrected chi connectivity index (χ4v) is 1.02. The highest BCUT2D eigenvalue weighted by Crippen LogP contribution is 1.91. The number of carbonyl (C=O) groups is 2. The number of nitriles is 1. The second-order valence-corrected chi connectivity index (χ2v) is 3.37. The molecule has 1 amide bonds. The van der Waals surface area contributed by atoms with Crippen LogP contribution in [0.25, 0.3) is 0 Å². The van der Waals surface area contributed by atoms with Gasteiger partial charge in [-0.2, -0.15) is 5.26 Å². The molecule has 0 heterocycles. The molecule has 7 heteroatoms. The molecular weight excluding hydrogens is 238 g/mol. The minimum absolute atomic E-state index is 0.00311. The Morgan fingerprint density at radius 3 is 2.72 bits per heavy atom. The molecule has 0 aromatic carbocycles. The summed E-state index contributed by atoms with van der Waals surface area (Å²) < 4.78 is 4.84. The van der Waals surface area contributed by atoms with E-state index in [0.717, 1.165) is 6.42 Å². The van der Waals surface area contributed by atoms with Gasteiger partial charge in [0.25, 0.3) is 5.91 Å². The third-order valence-corrected chi connectivity index (χ3v) is 1.91. The van der Waals surface area contributed by atoms with Crippen LogP contribution in [0.4, 0.5) is 0 Å². The summed E-state index contributed by atoms with van der Waals surface area (Å²) in [6.45, 7) is 1.17. The van der Waals surface area contributed by atoms with Gasteiger partial charge in [0.15, 0.2) is 0 Å². The van der Waals surface area contributed by atoms with E-state index in [2.05, 4.69) is 10.6 Å². The number of hydrogen-bond donors (Lipinski definition) is 3. The van der Waals surface area contributed by atoms with Gasteiger partial charge in [0.05, 0.1) is 6.42 Å². The fraction of sp³-hybridized carbons (Fsp3) is 0.545. The summed E-state index contributed by atoms with van der Waals surface area (Å²) in [5.74, 6) is -1.59. The molecule has 0 aliphatic rings. The average molecular weight is 255 g/mol. The lowest BCUT2D eigenvalue weighted by Crippen LogP contribution is -2.28. The Morgan fingerprint density at radius 2 is 2.17 bits per heavy atom. The van der Waals surface area contributed by atoms with Gasteiger partial charge in [-0.05, 0) is 6.42 Å². The minimum atomic E-state index is -1.00. The van der Waals surface area contributed by atoms with Crippen molar-refractivity contribution in [1.82, 2.24) is 10.6 Å². The molecule has 0 aliphatic carbocycles. The van der Waals surface area contributed by atoms with Gasteiger partial charge in [-0.1, -0.05) is 0 Å². The van der Waals surface area contributed by atoms with E-state index < -0.39 is 11.9 Å². The number of amides is 1. The number of ether oxygens (including phenoxy) is 1. The second kappa shape index (κ2) is 10.1. The van der Waals surface area contributed by atoms with Crippen LogP contribution >= 0.6 is 0 Å². The first-order valence-electron chi connectivity index (χ1n) is 5.44. The lowest BCUT2D eigenvalue weighted by atomic mass is 10.3. The average Bonchev–Trinajstić information content (AvgIpc) is 2.33. The Bertz CT molecular complexity index is 347. The first kappa shape index (κ1) is 15.9. The van der Waals surface area contributed by atoms with Crippen LogP contribution < -0.4 is 10.6 Å². The second-order valence-electron chi connectivity index (χ2n) is 3.37. The van der Waals surface area contributed by atoms with E-state index >= 15 is 0 Å². The lowest BCUT2D eigenvalue weighted by molar-refractivity contribution is -0.136. The number of carboxylic acids is 1. The summed E-state index contributed by atoms with van der Waals surface area (Å²) >= 11 is 0. The van der Waals surface area contributed by atoms with Crippen LogP contribution in [0.1, 0.15) is 12.8 Å². The van der Waals surface area contributed by atoms with E-state index in [9.17, 15) is 9.59 Å². The quantitative estimate of drug-likeness (QED) is 0.294. The highest BCUT2D eigenvalue weighted by atomic mass is 16.5. The van der Waals surface area contributed by atoms with Crippen molar-refractivity contribution in [3.05, 3.63) is 11.8 Å². The molecule has 3 N–H and O–H groups in total. The van der Waals surface area contributed by atoms with Gasteiger partial charge in [0.2, 0.25) is 0 Å². The Hall–Kier alpha value is -2.07. The van der Waals surface area contributed by atoms with Crippen LogP contribution in [-0.2, 0) is 14.3 Å². The predicted molar refractivity (Wildman–Crippen MR) is 63.5 cm³/mol. The lowest BCUT2D eigenvalue weighted by Gasteiger charge is -2.03.